The summed E-state index contributed by atoms with van der Waals surface area (Å²) in [4.78, 5) is 14.0. The third kappa shape index (κ3) is 3.01. The smallest absolute Gasteiger partial charge is 0.326 e. The second kappa shape index (κ2) is 5.28. The van der Waals surface area contributed by atoms with Crippen LogP contribution in [0.15, 0.2) is 35.1 Å². The van der Waals surface area contributed by atoms with Crippen LogP contribution in [0.4, 0.5) is 0 Å². The average Bonchev–Trinajstić information content (AvgIpc) is 2.32. The van der Waals surface area contributed by atoms with E-state index < -0.39 is 10.7 Å². The van der Waals surface area contributed by atoms with Crippen LogP contribution in [-0.4, -0.2) is 16.5 Å². The Morgan fingerprint density at radius 3 is 2.70 bits per heavy atom. The van der Waals surface area contributed by atoms with Crippen LogP contribution < -0.4 is 16.8 Å². The predicted molar refractivity (Wildman–Crippen MR) is 76.9 cm³/mol. The molecule has 0 fully saturated rings. The Hall–Kier alpha value is -1.83. The molecule has 2 rings (SSSR count). The summed E-state index contributed by atoms with van der Waals surface area (Å²) in [5, 5.41) is 14.3. The summed E-state index contributed by atoms with van der Waals surface area (Å²) in [6, 6.07) is 4.95. The first kappa shape index (κ1) is 14.6. The van der Waals surface area contributed by atoms with Crippen molar-refractivity contribution in [1.29, 1.82) is 0 Å². The molecule has 1 unspecified atom stereocenters. The highest BCUT2D eigenvalue weighted by molar-refractivity contribution is 6.35. The molecule has 1 aromatic rings. The molecule has 0 aliphatic carbocycles. The monoisotopic (exact) mass is 315 g/mol. The molecule has 0 spiro atoms. The van der Waals surface area contributed by atoms with Gasteiger partial charge in [0, 0.05) is 16.5 Å². The van der Waals surface area contributed by atoms with Gasteiger partial charge in [-0.15, -0.1) is 0 Å². The fraction of sp³-hybridized carbons (Fsp3) is 0.182. The predicted octanol–water partition coefficient (Wildman–Crippen LogP) is 1.23. The van der Waals surface area contributed by atoms with E-state index in [0.717, 1.165) is 6.20 Å². The van der Waals surface area contributed by atoms with Crippen LogP contribution in [0.5, 0.6) is 0 Å². The lowest BCUT2D eigenvalue weighted by molar-refractivity contribution is -0.416. The Bertz CT molecular complexity index is 631. The lowest BCUT2D eigenvalue weighted by Crippen LogP contribution is -2.55. The topological polar surface area (TPSA) is 120 Å². The number of rotatable bonds is 3. The lowest BCUT2D eigenvalue weighted by Gasteiger charge is -2.28. The standard InChI is InChI=1S/C11H11Cl2N5O2/c12-7-2-1-6(8(13)3-7)4-11(15)16-5-9(18(19)20)10(14)17-11/h1-3,5,16H,4,15H2,(H2,14,17). The van der Waals surface area contributed by atoms with Crippen LogP contribution in [0.1, 0.15) is 5.56 Å². The molecule has 0 aromatic heterocycles. The maximum absolute atomic E-state index is 10.7. The van der Waals surface area contributed by atoms with Gasteiger partial charge >= 0.3 is 5.70 Å². The molecule has 0 saturated heterocycles. The Balaban J connectivity index is 2.24. The van der Waals surface area contributed by atoms with Crippen LogP contribution in [0.3, 0.4) is 0 Å². The molecule has 9 heteroatoms. The van der Waals surface area contributed by atoms with Crippen molar-refractivity contribution in [3.63, 3.8) is 0 Å². The molecular weight excluding hydrogens is 305 g/mol. The molecular formula is C11H11Cl2N5O2. The van der Waals surface area contributed by atoms with Gasteiger partial charge in [0.15, 0.2) is 5.79 Å². The first-order valence-electron chi connectivity index (χ1n) is 5.51. The second-order valence-electron chi connectivity index (χ2n) is 4.26. The second-order valence-corrected chi connectivity index (χ2v) is 5.11. The molecule has 1 aromatic carbocycles. The molecule has 1 atom stereocenters. The van der Waals surface area contributed by atoms with Crippen molar-refractivity contribution in [1.82, 2.24) is 5.32 Å². The van der Waals surface area contributed by atoms with E-state index in [2.05, 4.69) is 10.3 Å². The Labute approximate surface area is 124 Å². The quantitative estimate of drug-likeness (QED) is 0.572. The molecule has 0 saturated carbocycles. The zero-order valence-electron chi connectivity index (χ0n) is 10.1. The van der Waals surface area contributed by atoms with Crippen molar-refractivity contribution < 1.29 is 4.92 Å². The van der Waals surface area contributed by atoms with Gasteiger partial charge in [0.25, 0.3) is 0 Å². The summed E-state index contributed by atoms with van der Waals surface area (Å²) in [5.74, 6) is -1.53. The van der Waals surface area contributed by atoms with Crippen LogP contribution in [-0.2, 0) is 6.42 Å². The molecule has 106 valence electrons. The third-order valence-electron chi connectivity index (χ3n) is 2.71. The van der Waals surface area contributed by atoms with Gasteiger partial charge < -0.3 is 11.1 Å². The number of amidine groups is 1. The van der Waals surface area contributed by atoms with Gasteiger partial charge in [0.1, 0.15) is 0 Å². The van der Waals surface area contributed by atoms with E-state index in [1.54, 1.807) is 18.2 Å². The fourth-order valence-electron chi connectivity index (χ4n) is 1.76. The number of hydrogen-bond acceptors (Lipinski definition) is 6. The SMILES string of the molecule is NC1=NC(N)(Cc2ccc(Cl)cc2Cl)NC=C1[N+](=O)[O-]. The van der Waals surface area contributed by atoms with Gasteiger partial charge in [-0.3, -0.25) is 15.8 Å². The number of nitro groups is 1. The Morgan fingerprint density at radius 1 is 1.45 bits per heavy atom. The molecule has 5 N–H and O–H groups in total. The van der Waals surface area contributed by atoms with Crippen LogP contribution in [0.2, 0.25) is 10.0 Å². The molecule has 20 heavy (non-hydrogen) atoms. The van der Waals surface area contributed by atoms with Gasteiger partial charge in [-0.1, -0.05) is 29.3 Å². The van der Waals surface area contributed by atoms with Crippen LogP contribution in [0.25, 0.3) is 0 Å². The van der Waals surface area contributed by atoms with Crippen molar-refractivity contribution in [3.05, 3.63) is 55.8 Å². The van der Waals surface area contributed by atoms with Crippen molar-refractivity contribution in [2.75, 3.05) is 0 Å². The van der Waals surface area contributed by atoms with Gasteiger partial charge in [0.05, 0.1) is 11.1 Å². The molecule has 1 aliphatic heterocycles. The molecule has 0 bridgehead atoms. The molecule has 1 aliphatic rings. The lowest BCUT2D eigenvalue weighted by atomic mass is 10.1. The molecule has 7 nitrogen and oxygen atoms in total. The summed E-state index contributed by atoms with van der Waals surface area (Å²) in [5.41, 5.74) is 11.9. The summed E-state index contributed by atoms with van der Waals surface area (Å²) >= 11 is 11.9. The summed E-state index contributed by atoms with van der Waals surface area (Å²) in [6.45, 7) is 0. The number of hydrogen-bond donors (Lipinski definition) is 3. The first-order valence-corrected chi connectivity index (χ1v) is 6.27. The van der Waals surface area contributed by atoms with Crippen LogP contribution >= 0.6 is 23.2 Å². The number of benzene rings is 1. The highest BCUT2D eigenvalue weighted by Crippen LogP contribution is 2.24. The summed E-state index contributed by atoms with van der Waals surface area (Å²) in [6.07, 6.45) is 1.33. The van der Waals surface area contributed by atoms with Gasteiger partial charge in [-0.2, -0.15) is 0 Å². The number of halogens is 2. The van der Waals surface area contributed by atoms with E-state index in [4.69, 9.17) is 34.7 Å². The third-order valence-corrected chi connectivity index (χ3v) is 3.30. The van der Waals surface area contributed by atoms with Gasteiger partial charge in [0.2, 0.25) is 5.84 Å². The Kier molecular flexibility index (Phi) is 3.85. The number of nitrogens with one attached hydrogen (secondary N) is 1. The number of nitrogens with zero attached hydrogens (tertiary/aromatic N) is 2. The highest BCUT2D eigenvalue weighted by Gasteiger charge is 2.32. The van der Waals surface area contributed by atoms with Crippen molar-refractivity contribution in [3.8, 4) is 0 Å². The molecule has 0 amide bonds. The minimum Gasteiger partial charge on any atom is -0.378 e. The van der Waals surface area contributed by atoms with E-state index in [1.165, 1.54) is 0 Å². The van der Waals surface area contributed by atoms with Gasteiger partial charge in [-0.05, 0) is 17.7 Å². The van der Waals surface area contributed by atoms with Crippen molar-refractivity contribution in [2.24, 2.45) is 16.5 Å². The largest absolute Gasteiger partial charge is 0.378 e. The van der Waals surface area contributed by atoms with E-state index in [1.807, 2.05) is 0 Å². The maximum atomic E-state index is 10.7. The van der Waals surface area contributed by atoms with Gasteiger partial charge in [-0.25, -0.2) is 4.99 Å². The minimum atomic E-state index is -1.29. The normalized spacial score (nSPS) is 21.8. The number of aliphatic imine (C=N–C) groups is 1. The van der Waals surface area contributed by atoms with Crippen molar-refractivity contribution in [2.45, 2.75) is 12.2 Å². The maximum Gasteiger partial charge on any atom is 0.326 e. The fourth-order valence-corrected chi connectivity index (χ4v) is 2.24. The van der Waals surface area contributed by atoms with Crippen LogP contribution in [0, 0.1) is 10.1 Å². The minimum absolute atomic E-state index is 0.200. The molecule has 1 heterocycles. The Morgan fingerprint density at radius 2 is 2.15 bits per heavy atom. The summed E-state index contributed by atoms with van der Waals surface area (Å²) < 4.78 is 0. The average molecular weight is 316 g/mol. The molecule has 0 radical (unpaired) electrons. The van der Waals surface area contributed by atoms with E-state index in [0.29, 0.717) is 15.6 Å². The van der Waals surface area contributed by atoms with Crippen molar-refractivity contribution >= 4 is 29.0 Å². The zero-order chi connectivity index (χ0) is 14.9. The zero-order valence-corrected chi connectivity index (χ0v) is 11.6. The summed E-state index contributed by atoms with van der Waals surface area (Å²) in [7, 11) is 0. The van der Waals surface area contributed by atoms with E-state index >= 15 is 0 Å². The first-order chi connectivity index (χ1) is 9.31. The highest BCUT2D eigenvalue weighted by atomic mass is 35.5. The number of nitrogens with two attached hydrogens (primary N) is 2. The van der Waals surface area contributed by atoms with E-state index in [-0.39, 0.29) is 18.0 Å². The van der Waals surface area contributed by atoms with E-state index in [9.17, 15) is 10.1 Å².